The van der Waals surface area contributed by atoms with E-state index in [0.29, 0.717) is 35.4 Å². The quantitative estimate of drug-likeness (QED) is 0.662. The van der Waals surface area contributed by atoms with Crippen molar-refractivity contribution in [2.24, 2.45) is 5.41 Å². The maximum atomic E-state index is 13.6. The zero-order valence-electron chi connectivity index (χ0n) is 20.3. The average Bonchev–Trinajstić information content (AvgIpc) is 3.04. The summed E-state index contributed by atoms with van der Waals surface area (Å²) in [4.78, 5) is 37.0. The molecule has 3 heterocycles. The van der Waals surface area contributed by atoms with E-state index < -0.39 is 11.5 Å². The van der Waals surface area contributed by atoms with Crippen LogP contribution in [0.4, 0.5) is 5.95 Å². The normalized spacial score (nSPS) is 19.6. The SMILES string of the molecule is CNC(=O)C(N1C(=O)c2cc(-c3nc(NC4CCOCC4)ncc3Cl)ccc2C1C)C(C)(C)C. The van der Waals surface area contributed by atoms with Gasteiger partial charge in [-0.05, 0) is 36.8 Å². The third-order valence-electron chi connectivity index (χ3n) is 6.55. The first-order chi connectivity index (χ1) is 16.1. The predicted octanol–water partition coefficient (Wildman–Crippen LogP) is 4.07. The van der Waals surface area contributed by atoms with E-state index in [1.165, 1.54) is 0 Å². The highest BCUT2D eigenvalue weighted by Gasteiger charge is 2.46. The predicted molar refractivity (Wildman–Crippen MR) is 132 cm³/mol. The number of halogens is 1. The van der Waals surface area contributed by atoms with Gasteiger partial charge in [0, 0.05) is 37.4 Å². The number of carbonyl (C=O) groups excluding carboxylic acids is 2. The number of nitrogens with zero attached hydrogens (tertiary/aromatic N) is 3. The Hall–Kier alpha value is -2.71. The average molecular weight is 486 g/mol. The first-order valence-corrected chi connectivity index (χ1v) is 12.0. The lowest BCUT2D eigenvalue weighted by molar-refractivity contribution is -0.129. The first-order valence-electron chi connectivity index (χ1n) is 11.7. The third kappa shape index (κ3) is 4.61. The van der Waals surface area contributed by atoms with Crippen molar-refractivity contribution in [3.8, 4) is 11.3 Å². The summed E-state index contributed by atoms with van der Waals surface area (Å²) in [6.07, 6.45) is 3.36. The molecule has 2 unspecified atom stereocenters. The first kappa shape index (κ1) is 24.4. The van der Waals surface area contributed by atoms with Crippen molar-refractivity contribution in [3.63, 3.8) is 0 Å². The number of aromatic nitrogens is 2. The van der Waals surface area contributed by atoms with E-state index in [1.54, 1.807) is 18.1 Å². The van der Waals surface area contributed by atoms with Gasteiger partial charge in [0.05, 0.1) is 23.0 Å². The molecule has 2 aliphatic heterocycles. The van der Waals surface area contributed by atoms with Crippen molar-refractivity contribution in [2.45, 2.75) is 58.7 Å². The van der Waals surface area contributed by atoms with Gasteiger partial charge in [0.1, 0.15) is 6.04 Å². The molecule has 0 spiro atoms. The summed E-state index contributed by atoms with van der Waals surface area (Å²) < 4.78 is 5.42. The molecule has 34 heavy (non-hydrogen) atoms. The minimum atomic E-state index is -0.603. The molecule has 2 aliphatic rings. The molecule has 9 heteroatoms. The van der Waals surface area contributed by atoms with Crippen LogP contribution in [0.3, 0.4) is 0 Å². The van der Waals surface area contributed by atoms with Crippen LogP contribution in [-0.2, 0) is 9.53 Å². The maximum absolute atomic E-state index is 13.6. The van der Waals surface area contributed by atoms with Gasteiger partial charge in [-0.3, -0.25) is 9.59 Å². The van der Waals surface area contributed by atoms with Gasteiger partial charge < -0.3 is 20.3 Å². The van der Waals surface area contributed by atoms with Gasteiger partial charge >= 0.3 is 0 Å². The highest BCUT2D eigenvalue weighted by molar-refractivity contribution is 6.33. The highest BCUT2D eigenvalue weighted by Crippen LogP contribution is 2.41. The van der Waals surface area contributed by atoms with Gasteiger partial charge in [0.15, 0.2) is 0 Å². The van der Waals surface area contributed by atoms with Gasteiger partial charge in [-0.1, -0.05) is 44.5 Å². The van der Waals surface area contributed by atoms with Gasteiger partial charge in [0.25, 0.3) is 5.91 Å². The van der Waals surface area contributed by atoms with Crippen LogP contribution in [0.15, 0.2) is 24.4 Å². The standard InChI is InChI=1S/C25H32ClN5O3/c1-14-17-7-6-15(12-18(17)23(33)31(14)21(22(32)27-5)25(2,3)4)20-19(26)13-28-24(30-20)29-16-8-10-34-11-9-16/h6-7,12-14,16,21H,8-11H2,1-5H3,(H,27,32)(H,28,29,30). The van der Waals surface area contributed by atoms with Crippen molar-refractivity contribution >= 4 is 29.4 Å². The molecule has 2 atom stereocenters. The second kappa shape index (κ2) is 9.50. The molecule has 0 saturated carbocycles. The number of hydrogen-bond acceptors (Lipinski definition) is 6. The summed E-state index contributed by atoms with van der Waals surface area (Å²) in [6.45, 7) is 9.29. The van der Waals surface area contributed by atoms with Gasteiger partial charge in [0.2, 0.25) is 11.9 Å². The Morgan fingerprint density at radius 3 is 2.62 bits per heavy atom. The number of anilines is 1. The number of rotatable bonds is 5. The number of hydrogen-bond donors (Lipinski definition) is 2. The van der Waals surface area contributed by atoms with E-state index in [-0.39, 0.29) is 23.9 Å². The molecule has 1 saturated heterocycles. The summed E-state index contributed by atoms with van der Waals surface area (Å²) in [5, 5.41) is 6.49. The summed E-state index contributed by atoms with van der Waals surface area (Å²) in [5.41, 5.74) is 2.31. The molecule has 2 N–H and O–H groups in total. The number of likely N-dealkylation sites (N-methyl/N-ethyl adjacent to an activating group) is 1. The van der Waals surface area contributed by atoms with Crippen LogP contribution in [0.25, 0.3) is 11.3 Å². The topological polar surface area (TPSA) is 96.5 Å². The number of fused-ring (bicyclic) bond motifs is 1. The Morgan fingerprint density at radius 2 is 1.97 bits per heavy atom. The Balaban J connectivity index is 1.66. The van der Waals surface area contributed by atoms with E-state index in [2.05, 4.69) is 20.6 Å². The number of benzene rings is 1. The lowest BCUT2D eigenvalue weighted by Crippen LogP contribution is -2.54. The zero-order valence-corrected chi connectivity index (χ0v) is 21.1. The summed E-state index contributed by atoms with van der Waals surface area (Å²) in [7, 11) is 1.60. The minimum Gasteiger partial charge on any atom is -0.381 e. The van der Waals surface area contributed by atoms with Crippen molar-refractivity contribution in [3.05, 3.63) is 40.5 Å². The van der Waals surface area contributed by atoms with Gasteiger partial charge in [-0.15, -0.1) is 0 Å². The fraction of sp³-hybridized carbons (Fsp3) is 0.520. The van der Waals surface area contributed by atoms with Gasteiger partial charge in [-0.2, -0.15) is 0 Å². The summed E-state index contributed by atoms with van der Waals surface area (Å²) in [5.74, 6) is 0.155. The van der Waals surface area contributed by atoms with E-state index >= 15 is 0 Å². The Bertz CT molecular complexity index is 1090. The third-order valence-corrected chi connectivity index (χ3v) is 6.83. The molecule has 2 amide bonds. The molecule has 1 aromatic carbocycles. The Morgan fingerprint density at radius 1 is 1.26 bits per heavy atom. The fourth-order valence-electron chi connectivity index (χ4n) is 4.80. The summed E-state index contributed by atoms with van der Waals surface area (Å²) >= 11 is 6.47. The lowest BCUT2D eigenvalue weighted by Gasteiger charge is -2.39. The lowest BCUT2D eigenvalue weighted by atomic mass is 9.84. The second-order valence-electron chi connectivity index (χ2n) is 9.99. The van der Waals surface area contributed by atoms with Crippen molar-refractivity contribution < 1.29 is 14.3 Å². The van der Waals surface area contributed by atoms with E-state index in [1.807, 2.05) is 45.9 Å². The number of nitrogens with one attached hydrogen (secondary N) is 2. The molecule has 4 rings (SSSR count). The van der Waals surface area contributed by atoms with E-state index in [0.717, 1.165) is 24.0 Å². The van der Waals surface area contributed by atoms with Crippen LogP contribution in [0.1, 0.15) is 62.5 Å². The highest BCUT2D eigenvalue weighted by atomic mass is 35.5. The van der Waals surface area contributed by atoms with Gasteiger partial charge in [-0.25, -0.2) is 9.97 Å². The van der Waals surface area contributed by atoms with Crippen LogP contribution in [0.5, 0.6) is 0 Å². The largest absolute Gasteiger partial charge is 0.381 e. The molecule has 1 fully saturated rings. The van der Waals surface area contributed by atoms with Crippen molar-refractivity contribution in [2.75, 3.05) is 25.6 Å². The number of ether oxygens (including phenoxy) is 1. The molecule has 0 bridgehead atoms. The molecular weight excluding hydrogens is 454 g/mol. The minimum absolute atomic E-state index is 0.168. The molecule has 182 valence electrons. The number of amides is 2. The number of carbonyl (C=O) groups is 2. The van der Waals surface area contributed by atoms with Crippen LogP contribution < -0.4 is 10.6 Å². The molecule has 0 aliphatic carbocycles. The molecular formula is C25H32ClN5O3. The molecule has 0 radical (unpaired) electrons. The maximum Gasteiger partial charge on any atom is 0.255 e. The van der Waals surface area contributed by atoms with Crippen LogP contribution in [0.2, 0.25) is 5.02 Å². The fourth-order valence-corrected chi connectivity index (χ4v) is 5.00. The Kier molecular flexibility index (Phi) is 6.82. The van der Waals surface area contributed by atoms with Crippen LogP contribution in [-0.4, -0.2) is 59.0 Å². The smallest absolute Gasteiger partial charge is 0.255 e. The van der Waals surface area contributed by atoms with Crippen molar-refractivity contribution in [1.29, 1.82) is 0 Å². The monoisotopic (exact) mass is 485 g/mol. The zero-order chi connectivity index (χ0) is 24.6. The molecule has 8 nitrogen and oxygen atoms in total. The Labute approximate surface area is 205 Å². The summed E-state index contributed by atoms with van der Waals surface area (Å²) in [6, 6.07) is 5.09. The van der Waals surface area contributed by atoms with Crippen molar-refractivity contribution in [1.82, 2.24) is 20.2 Å². The molecule has 2 aromatic rings. The second-order valence-corrected chi connectivity index (χ2v) is 10.4. The van der Waals surface area contributed by atoms with E-state index in [9.17, 15) is 9.59 Å². The van der Waals surface area contributed by atoms with Crippen LogP contribution >= 0.6 is 11.6 Å². The van der Waals surface area contributed by atoms with E-state index in [4.69, 9.17) is 16.3 Å². The molecule has 1 aromatic heterocycles. The van der Waals surface area contributed by atoms with Crippen LogP contribution in [0, 0.1) is 5.41 Å².